The first-order valence-electron chi connectivity index (χ1n) is 11.3. The molecule has 2 aromatic rings. The van der Waals surface area contributed by atoms with E-state index in [9.17, 15) is 19.5 Å². The molecule has 3 N–H and O–H groups in total. The molecule has 0 saturated heterocycles. The molecule has 10 heteroatoms. The van der Waals surface area contributed by atoms with Gasteiger partial charge in [0, 0.05) is 24.5 Å². The number of nitrogens with zero attached hydrogens (tertiary/aromatic N) is 1. The molecule has 1 fully saturated rings. The number of hydrogen-bond donors (Lipinski definition) is 3. The van der Waals surface area contributed by atoms with E-state index in [4.69, 9.17) is 27.9 Å². The molecule has 1 amide bonds. The highest BCUT2D eigenvalue weighted by Crippen LogP contribution is 2.52. The van der Waals surface area contributed by atoms with Crippen molar-refractivity contribution in [2.45, 2.75) is 44.6 Å². The quantitative estimate of drug-likeness (QED) is 0.467. The van der Waals surface area contributed by atoms with E-state index >= 15 is 0 Å². The van der Waals surface area contributed by atoms with Crippen molar-refractivity contribution in [2.75, 3.05) is 12.4 Å². The van der Waals surface area contributed by atoms with Gasteiger partial charge in [-0.2, -0.15) is 0 Å². The second-order valence-electron chi connectivity index (χ2n) is 8.75. The summed E-state index contributed by atoms with van der Waals surface area (Å²) in [5, 5.41) is 16.0. The van der Waals surface area contributed by atoms with E-state index in [1.165, 1.54) is 19.5 Å². The summed E-state index contributed by atoms with van der Waals surface area (Å²) in [4.78, 5) is 41.2. The molecule has 4 rings (SSSR count). The average molecular weight is 518 g/mol. The first kappa shape index (κ1) is 25.0. The summed E-state index contributed by atoms with van der Waals surface area (Å²) >= 11 is 12.1. The van der Waals surface area contributed by atoms with Crippen LogP contribution in [-0.2, 0) is 20.7 Å². The SMILES string of the molecule is COC1=C(N[C@@H](Cc2ccc(NC(=O)c3c(Cl)cncc3Cl)cc2)C(=O)O)C2(CCCCC2)C1=O. The fourth-order valence-corrected chi connectivity index (χ4v) is 5.32. The number of benzene rings is 1. The number of aromatic nitrogens is 1. The second kappa shape index (κ2) is 10.3. The van der Waals surface area contributed by atoms with Crippen LogP contribution in [0.1, 0.15) is 48.0 Å². The molecule has 2 aliphatic carbocycles. The van der Waals surface area contributed by atoms with Gasteiger partial charge in [0.05, 0.1) is 33.8 Å². The van der Waals surface area contributed by atoms with Crippen molar-refractivity contribution in [3.8, 4) is 0 Å². The molecule has 0 radical (unpaired) electrons. The van der Waals surface area contributed by atoms with Crippen molar-refractivity contribution in [2.24, 2.45) is 5.41 Å². The van der Waals surface area contributed by atoms with E-state index < -0.39 is 23.3 Å². The smallest absolute Gasteiger partial charge is 0.326 e. The molecule has 8 nitrogen and oxygen atoms in total. The maximum Gasteiger partial charge on any atom is 0.326 e. The molecule has 0 unspecified atom stereocenters. The maximum atomic E-state index is 12.7. The number of amides is 1. The van der Waals surface area contributed by atoms with E-state index in [2.05, 4.69) is 15.6 Å². The highest BCUT2D eigenvalue weighted by molar-refractivity contribution is 6.40. The predicted molar refractivity (Wildman–Crippen MR) is 131 cm³/mol. The molecular weight excluding hydrogens is 493 g/mol. The topological polar surface area (TPSA) is 118 Å². The molecule has 1 atom stereocenters. The number of Topliss-reactive ketones (excluding diaryl/α,β-unsaturated/α-hetero) is 1. The summed E-state index contributed by atoms with van der Waals surface area (Å²) in [5.41, 5.74) is 1.31. The number of rotatable bonds is 8. The molecule has 1 aromatic carbocycles. The van der Waals surface area contributed by atoms with Gasteiger partial charge >= 0.3 is 5.97 Å². The number of pyridine rings is 1. The monoisotopic (exact) mass is 517 g/mol. The van der Waals surface area contributed by atoms with Gasteiger partial charge in [-0.3, -0.25) is 14.6 Å². The Bertz CT molecular complexity index is 1170. The lowest BCUT2D eigenvalue weighted by atomic mass is 9.61. The van der Waals surface area contributed by atoms with Crippen LogP contribution in [0.15, 0.2) is 48.1 Å². The van der Waals surface area contributed by atoms with E-state index in [0.717, 1.165) is 24.8 Å². The molecule has 1 aromatic heterocycles. The second-order valence-corrected chi connectivity index (χ2v) is 9.56. The van der Waals surface area contributed by atoms with Gasteiger partial charge < -0.3 is 20.5 Å². The van der Waals surface area contributed by atoms with Crippen LogP contribution in [0.2, 0.25) is 10.0 Å². The van der Waals surface area contributed by atoms with Crippen molar-refractivity contribution in [3.05, 3.63) is 69.3 Å². The number of ether oxygens (including phenoxy) is 1. The molecule has 1 saturated carbocycles. The van der Waals surface area contributed by atoms with Crippen molar-refractivity contribution in [1.29, 1.82) is 0 Å². The van der Waals surface area contributed by atoms with Gasteiger partial charge in [0.25, 0.3) is 5.91 Å². The fourth-order valence-electron chi connectivity index (χ4n) is 4.79. The summed E-state index contributed by atoms with van der Waals surface area (Å²) in [6, 6.07) is 5.86. The fraction of sp³-hybridized carbons (Fsp3) is 0.360. The molecule has 184 valence electrons. The first-order chi connectivity index (χ1) is 16.8. The minimum atomic E-state index is -1.03. The molecule has 1 spiro atoms. The molecule has 0 aliphatic heterocycles. The highest BCUT2D eigenvalue weighted by Gasteiger charge is 2.55. The van der Waals surface area contributed by atoms with Crippen molar-refractivity contribution in [1.82, 2.24) is 10.3 Å². The summed E-state index contributed by atoms with van der Waals surface area (Å²) in [5.74, 6) is -1.32. The van der Waals surface area contributed by atoms with Gasteiger partial charge in [-0.1, -0.05) is 54.6 Å². The Morgan fingerprint density at radius 1 is 1.11 bits per heavy atom. The lowest BCUT2D eigenvalue weighted by Gasteiger charge is -2.46. The van der Waals surface area contributed by atoms with E-state index in [1.807, 2.05) is 0 Å². The molecule has 1 heterocycles. The number of allylic oxidation sites excluding steroid dienone is 2. The standard InChI is InChI=1S/C25H25Cl2N3O5/c1-35-20-21(25(22(20)31)9-3-2-4-10-25)30-18(24(33)34)11-14-5-7-15(8-6-14)29-23(32)19-16(26)12-28-13-17(19)27/h5-8,12-13,18,30H,2-4,9-11H2,1H3,(H,29,32)(H,33,34)/t18-/m0/s1. The number of carbonyl (C=O) groups excluding carboxylic acids is 2. The average Bonchev–Trinajstić information content (AvgIpc) is 2.84. The lowest BCUT2D eigenvalue weighted by molar-refractivity contribution is -0.140. The maximum absolute atomic E-state index is 12.7. The van der Waals surface area contributed by atoms with E-state index in [0.29, 0.717) is 24.2 Å². The van der Waals surface area contributed by atoms with Crippen LogP contribution in [0, 0.1) is 5.41 Å². The number of carboxylic acid groups (broad SMARTS) is 1. The van der Waals surface area contributed by atoms with Gasteiger partial charge in [0.1, 0.15) is 6.04 Å². The molecule has 0 bridgehead atoms. The van der Waals surface area contributed by atoms with Crippen molar-refractivity contribution in [3.63, 3.8) is 0 Å². The number of methoxy groups -OCH3 is 1. The zero-order valence-corrected chi connectivity index (χ0v) is 20.6. The van der Waals surface area contributed by atoms with Crippen LogP contribution >= 0.6 is 23.2 Å². The molecular formula is C25H25Cl2N3O5. The Hall–Kier alpha value is -3.10. The normalized spacial score (nSPS) is 17.5. The number of carboxylic acids is 1. The number of nitrogens with one attached hydrogen (secondary N) is 2. The van der Waals surface area contributed by atoms with Gasteiger partial charge in [-0.15, -0.1) is 0 Å². The zero-order valence-electron chi connectivity index (χ0n) is 19.1. The third-order valence-corrected chi connectivity index (χ3v) is 7.18. The molecule has 35 heavy (non-hydrogen) atoms. The van der Waals surface area contributed by atoms with Crippen molar-refractivity contribution < 1.29 is 24.2 Å². The largest absolute Gasteiger partial charge is 0.491 e. The van der Waals surface area contributed by atoms with Gasteiger partial charge in [0.15, 0.2) is 5.76 Å². The number of ketones is 1. The number of halogens is 2. The summed E-state index contributed by atoms with van der Waals surface area (Å²) in [7, 11) is 1.43. The van der Waals surface area contributed by atoms with Crippen LogP contribution in [0.25, 0.3) is 0 Å². The number of aliphatic carboxylic acids is 1. The van der Waals surface area contributed by atoms with Gasteiger partial charge in [-0.25, -0.2) is 4.79 Å². The van der Waals surface area contributed by atoms with Crippen LogP contribution < -0.4 is 10.6 Å². The lowest BCUT2D eigenvalue weighted by Crippen LogP contribution is -2.54. The highest BCUT2D eigenvalue weighted by atomic mass is 35.5. The van der Waals surface area contributed by atoms with E-state index in [1.54, 1.807) is 24.3 Å². The number of hydrogen-bond acceptors (Lipinski definition) is 6. The first-order valence-corrected chi connectivity index (χ1v) is 12.0. The van der Waals surface area contributed by atoms with Crippen LogP contribution in [0.3, 0.4) is 0 Å². The minimum Gasteiger partial charge on any atom is -0.491 e. The van der Waals surface area contributed by atoms with E-state index in [-0.39, 0.29) is 33.6 Å². The summed E-state index contributed by atoms with van der Waals surface area (Å²) in [6.45, 7) is 0. The Morgan fingerprint density at radius 3 is 2.31 bits per heavy atom. The van der Waals surface area contributed by atoms with Gasteiger partial charge in [-0.05, 0) is 30.5 Å². The van der Waals surface area contributed by atoms with Gasteiger partial charge in [0.2, 0.25) is 5.78 Å². The Labute approximate surface area is 212 Å². The Kier molecular flexibility index (Phi) is 7.33. The Balaban J connectivity index is 1.46. The minimum absolute atomic E-state index is 0.0409. The number of anilines is 1. The third kappa shape index (κ3) is 4.86. The summed E-state index contributed by atoms with van der Waals surface area (Å²) < 4.78 is 5.29. The zero-order chi connectivity index (χ0) is 25.2. The van der Waals surface area contributed by atoms with Crippen LogP contribution in [-0.4, -0.2) is 40.9 Å². The Morgan fingerprint density at radius 2 is 1.74 bits per heavy atom. The molecule has 2 aliphatic rings. The van der Waals surface area contributed by atoms with Crippen LogP contribution in [0.5, 0.6) is 0 Å². The van der Waals surface area contributed by atoms with Crippen molar-refractivity contribution >= 4 is 46.5 Å². The predicted octanol–water partition coefficient (Wildman–Crippen LogP) is 4.62. The third-order valence-electron chi connectivity index (χ3n) is 6.61. The number of carbonyl (C=O) groups is 3. The summed E-state index contributed by atoms with van der Waals surface area (Å²) in [6.07, 6.45) is 7.17. The van der Waals surface area contributed by atoms with Crippen LogP contribution in [0.4, 0.5) is 5.69 Å².